The standard InChI is InChI=1S/C22H30N2O4/c25-14-15-6-8-24(9-7-15)13-17-2-1-3-19(11-17)23-20(26)22(21(27)28)12-16-4-5-18(22)10-16/h1-3,11,15-16,18,25H,4-10,12-14H2,(H,23,26)(H,27,28). The van der Waals surface area contributed by atoms with E-state index >= 15 is 0 Å². The Morgan fingerprint density at radius 1 is 1.18 bits per heavy atom. The van der Waals surface area contributed by atoms with Crippen molar-refractivity contribution < 1.29 is 19.8 Å². The third kappa shape index (κ3) is 3.55. The Morgan fingerprint density at radius 2 is 1.96 bits per heavy atom. The van der Waals surface area contributed by atoms with Crippen LogP contribution in [-0.2, 0) is 16.1 Å². The number of carboxylic acids is 1. The van der Waals surface area contributed by atoms with Crippen molar-refractivity contribution in [1.82, 2.24) is 4.90 Å². The number of aliphatic carboxylic acids is 1. The third-order valence-electron chi connectivity index (χ3n) is 7.19. The summed E-state index contributed by atoms with van der Waals surface area (Å²) < 4.78 is 0. The summed E-state index contributed by atoms with van der Waals surface area (Å²) in [6, 6.07) is 7.75. The third-order valence-corrected chi connectivity index (χ3v) is 7.19. The molecule has 28 heavy (non-hydrogen) atoms. The normalized spacial score (nSPS) is 30.5. The molecule has 2 bridgehead atoms. The van der Waals surface area contributed by atoms with E-state index in [-0.39, 0.29) is 18.4 Å². The van der Waals surface area contributed by atoms with Crippen LogP contribution in [0.4, 0.5) is 5.69 Å². The molecule has 1 aromatic rings. The fourth-order valence-electron chi connectivity index (χ4n) is 5.54. The SMILES string of the molecule is O=C(O)C1(C(=O)Nc2cccc(CN3CCC(CO)CC3)c2)CC2CCC1C2. The van der Waals surface area contributed by atoms with Crippen molar-refractivity contribution in [2.45, 2.75) is 45.1 Å². The number of carboxylic acid groups (broad SMARTS) is 1. The van der Waals surface area contributed by atoms with E-state index in [0.29, 0.717) is 23.9 Å². The fourth-order valence-corrected chi connectivity index (χ4v) is 5.54. The minimum atomic E-state index is -1.26. The fraction of sp³-hybridized carbons (Fsp3) is 0.636. The summed E-state index contributed by atoms with van der Waals surface area (Å²) in [7, 11) is 0. The first kappa shape index (κ1) is 19.4. The van der Waals surface area contributed by atoms with Crippen molar-refractivity contribution in [1.29, 1.82) is 0 Å². The summed E-state index contributed by atoms with van der Waals surface area (Å²) in [5.41, 5.74) is 0.527. The molecule has 3 fully saturated rings. The second-order valence-corrected chi connectivity index (χ2v) is 8.91. The van der Waals surface area contributed by atoms with Crippen molar-refractivity contribution in [2.75, 3.05) is 25.0 Å². The molecule has 1 amide bonds. The highest BCUT2D eigenvalue weighted by Crippen LogP contribution is 2.56. The quantitative estimate of drug-likeness (QED) is 0.654. The average molecular weight is 386 g/mol. The number of carbonyl (C=O) groups excluding carboxylic acids is 1. The predicted octanol–water partition coefficient (Wildman–Crippen LogP) is 2.72. The molecule has 3 unspecified atom stereocenters. The maximum absolute atomic E-state index is 13.0. The summed E-state index contributed by atoms with van der Waals surface area (Å²) in [5, 5.41) is 22.1. The van der Waals surface area contributed by atoms with Gasteiger partial charge >= 0.3 is 5.97 Å². The molecule has 152 valence electrons. The number of aliphatic hydroxyl groups is 1. The van der Waals surface area contributed by atoms with E-state index in [0.717, 1.165) is 57.3 Å². The summed E-state index contributed by atoms with van der Waals surface area (Å²) >= 11 is 0. The lowest BCUT2D eigenvalue weighted by molar-refractivity contribution is -0.157. The first-order chi connectivity index (χ1) is 13.5. The maximum Gasteiger partial charge on any atom is 0.319 e. The van der Waals surface area contributed by atoms with Crippen molar-refractivity contribution in [3.8, 4) is 0 Å². The number of benzene rings is 1. The van der Waals surface area contributed by atoms with Crippen LogP contribution in [0.25, 0.3) is 0 Å². The van der Waals surface area contributed by atoms with Crippen LogP contribution in [0.15, 0.2) is 24.3 Å². The number of rotatable bonds is 6. The van der Waals surface area contributed by atoms with Crippen LogP contribution in [0.5, 0.6) is 0 Å². The number of anilines is 1. The van der Waals surface area contributed by atoms with Gasteiger partial charge < -0.3 is 15.5 Å². The topological polar surface area (TPSA) is 89.9 Å². The molecule has 6 heteroatoms. The number of hydrogen-bond acceptors (Lipinski definition) is 4. The van der Waals surface area contributed by atoms with Crippen LogP contribution in [0.1, 0.15) is 44.1 Å². The van der Waals surface area contributed by atoms with Crippen molar-refractivity contribution >= 4 is 17.6 Å². The lowest BCUT2D eigenvalue weighted by Gasteiger charge is -2.32. The van der Waals surface area contributed by atoms with Crippen LogP contribution in [0, 0.1) is 23.2 Å². The molecule has 3 N–H and O–H groups in total. The summed E-state index contributed by atoms with van der Waals surface area (Å²) in [5.74, 6) is -0.574. The molecule has 3 aliphatic rings. The lowest BCUT2D eigenvalue weighted by Crippen LogP contribution is -2.47. The zero-order valence-electron chi connectivity index (χ0n) is 16.3. The number of nitrogens with one attached hydrogen (secondary N) is 1. The number of carbonyl (C=O) groups is 2. The van der Waals surface area contributed by atoms with Gasteiger partial charge in [0.2, 0.25) is 5.91 Å². The monoisotopic (exact) mass is 386 g/mol. The number of aliphatic hydroxyl groups excluding tert-OH is 1. The van der Waals surface area contributed by atoms with Crippen LogP contribution < -0.4 is 5.32 Å². The van der Waals surface area contributed by atoms with Gasteiger partial charge in [-0.2, -0.15) is 0 Å². The summed E-state index contributed by atoms with van der Waals surface area (Å²) in [6.07, 6.45) is 5.25. The van der Waals surface area contributed by atoms with Crippen molar-refractivity contribution in [2.24, 2.45) is 23.2 Å². The Balaban J connectivity index is 1.42. The van der Waals surface area contributed by atoms with Gasteiger partial charge in [-0.25, -0.2) is 0 Å². The molecule has 1 aliphatic heterocycles. The Hall–Kier alpha value is -1.92. The van der Waals surface area contributed by atoms with E-state index in [1.807, 2.05) is 24.3 Å². The zero-order chi connectivity index (χ0) is 19.7. The van der Waals surface area contributed by atoms with Gasteiger partial charge in [0, 0.05) is 18.8 Å². The van der Waals surface area contributed by atoms with E-state index < -0.39 is 11.4 Å². The average Bonchev–Trinajstić information content (AvgIpc) is 3.31. The highest BCUT2D eigenvalue weighted by atomic mass is 16.4. The minimum absolute atomic E-state index is 0.0361. The molecule has 1 heterocycles. The first-order valence-electron chi connectivity index (χ1n) is 10.5. The van der Waals surface area contributed by atoms with Crippen LogP contribution in [-0.4, -0.2) is 46.7 Å². The number of nitrogens with zero attached hydrogens (tertiary/aromatic N) is 1. The predicted molar refractivity (Wildman–Crippen MR) is 106 cm³/mol. The van der Waals surface area contributed by atoms with E-state index in [4.69, 9.17) is 0 Å². The molecule has 4 rings (SSSR count). The first-order valence-corrected chi connectivity index (χ1v) is 10.5. The van der Waals surface area contributed by atoms with E-state index in [9.17, 15) is 19.8 Å². The van der Waals surface area contributed by atoms with Crippen LogP contribution >= 0.6 is 0 Å². The minimum Gasteiger partial charge on any atom is -0.480 e. The largest absolute Gasteiger partial charge is 0.480 e. The Labute approximate surface area is 165 Å². The van der Waals surface area contributed by atoms with E-state index in [1.54, 1.807) is 0 Å². The lowest BCUT2D eigenvalue weighted by atomic mass is 9.72. The molecule has 0 spiro atoms. The molecule has 2 aliphatic carbocycles. The van der Waals surface area contributed by atoms with Gasteiger partial charge in [0.15, 0.2) is 0 Å². The Bertz CT molecular complexity index is 744. The Kier molecular flexibility index (Phi) is 5.43. The van der Waals surface area contributed by atoms with Crippen LogP contribution in [0.2, 0.25) is 0 Å². The van der Waals surface area contributed by atoms with Gasteiger partial charge in [-0.1, -0.05) is 18.6 Å². The molecule has 1 saturated heterocycles. The van der Waals surface area contributed by atoms with Gasteiger partial charge in [-0.15, -0.1) is 0 Å². The zero-order valence-corrected chi connectivity index (χ0v) is 16.3. The van der Waals surface area contributed by atoms with Crippen molar-refractivity contribution in [3.05, 3.63) is 29.8 Å². The second kappa shape index (κ2) is 7.84. The number of likely N-dealkylation sites (tertiary alicyclic amines) is 1. The maximum atomic E-state index is 13.0. The van der Waals surface area contributed by atoms with Gasteiger partial charge in [-0.3, -0.25) is 14.5 Å². The molecule has 6 nitrogen and oxygen atoms in total. The van der Waals surface area contributed by atoms with Gasteiger partial charge in [0.25, 0.3) is 0 Å². The number of piperidine rings is 1. The number of fused-ring (bicyclic) bond motifs is 2. The van der Waals surface area contributed by atoms with Crippen molar-refractivity contribution in [3.63, 3.8) is 0 Å². The van der Waals surface area contributed by atoms with E-state index in [2.05, 4.69) is 10.2 Å². The molecule has 0 aromatic heterocycles. The second-order valence-electron chi connectivity index (χ2n) is 8.91. The van der Waals surface area contributed by atoms with Crippen LogP contribution in [0.3, 0.4) is 0 Å². The molecular weight excluding hydrogens is 356 g/mol. The molecule has 2 saturated carbocycles. The Morgan fingerprint density at radius 3 is 2.57 bits per heavy atom. The summed E-state index contributed by atoms with van der Waals surface area (Å²) in [4.78, 5) is 27.4. The molecule has 1 aromatic carbocycles. The highest BCUT2D eigenvalue weighted by Gasteiger charge is 2.60. The van der Waals surface area contributed by atoms with Gasteiger partial charge in [0.1, 0.15) is 5.41 Å². The van der Waals surface area contributed by atoms with E-state index in [1.165, 1.54) is 0 Å². The van der Waals surface area contributed by atoms with Gasteiger partial charge in [-0.05, 0) is 80.6 Å². The molecular formula is C22H30N2O4. The molecule has 0 radical (unpaired) electrons. The smallest absolute Gasteiger partial charge is 0.319 e. The number of amides is 1. The molecule has 3 atom stereocenters. The highest BCUT2D eigenvalue weighted by molar-refractivity contribution is 6.09. The van der Waals surface area contributed by atoms with Gasteiger partial charge in [0.05, 0.1) is 0 Å². The summed E-state index contributed by atoms with van der Waals surface area (Å²) in [6.45, 7) is 3.00. The number of hydrogen-bond donors (Lipinski definition) is 3.